The molecule has 0 spiro atoms. The topological polar surface area (TPSA) is 66.4 Å². The molecule has 1 aliphatic heterocycles. The quantitative estimate of drug-likeness (QED) is 0.624. The molecule has 1 aromatic heterocycles. The number of nitrogens with zero attached hydrogens (tertiary/aromatic N) is 4. The molecule has 29 heavy (non-hydrogen) atoms. The van der Waals surface area contributed by atoms with Gasteiger partial charge in [-0.15, -0.1) is 0 Å². The average molecular weight is 429 g/mol. The monoisotopic (exact) mass is 428 g/mol. The number of hydrogen-bond donors (Lipinski definition) is 0. The highest BCUT2D eigenvalue weighted by molar-refractivity contribution is 7.89. The van der Waals surface area contributed by atoms with Gasteiger partial charge in [0, 0.05) is 44.1 Å². The molecule has 1 fully saturated rings. The van der Waals surface area contributed by atoms with Gasteiger partial charge in [0.15, 0.2) is 0 Å². The van der Waals surface area contributed by atoms with Gasteiger partial charge < -0.3 is 4.90 Å². The molecule has 2 aromatic carbocycles. The summed E-state index contributed by atoms with van der Waals surface area (Å²) < 4.78 is 32.1. The molecule has 0 radical (unpaired) electrons. The van der Waals surface area contributed by atoms with Crippen LogP contribution in [0.2, 0.25) is 0 Å². The maximum atomic E-state index is 13.0. The lowest BCUT2D eigenvalue weighted by molar-refractivity contribution is 0.433. The van der Waals surface area contributed by atoms with Gasteiger partial charge in [-0.1, -0.05) is 48.0 Å². The van der Waals surface area contributed by atoms with E-state index in [9.17, 15) is 8.42 Å². The molecule has 4 rings (SSSR count). The number of rotatable bonds is 5. The van der Waals surface area contributed by atoms with E-state index in [4.69, 9.17) is 4.98 Å². The van der Waals surface area contributed by atoms with Crippen LogP contribution < -0.4 is 4.90 Å². The standard InChI is InChI=1S/C21H24N4O2S2/c1-17-8-10-19(11-9-17)29(26,27)25-13-5-12-24(14-15-25)21-22-20(23-28-21)16-18-6-3-2-4-7-18/h2-4,6-11H,5,12-16H2,1H3. The van der Waals surface area contributed by atoms with Crippen molar-refractivity contribution in [1.29, 1.82) is 0 Å². The van der Waals surface area contributed by atoms with Crippen LogP contribution in [0.5, 0.6) is 0 Å². The van der Waals surface area contributed by atoms with Crippen LogP contribution in [0.15, 0.2) is 59.5 Å². The Kier molecular flexibility index (Phi) is 5.94. The minimum atomic E-state index is -3.47. The molecule has 3 aromatic rings. The Morgan fingerprint density at radius 2 is 1.72 bits per heavy atom. The van der Waals surface area contributed by atoms with E-state index in [0.29, 0.717) is 31.0 Å². The molecule has 0 amide bonds. The van der Waals surface area contributed by atoms with Crippen LogP contribution >= 0.6 is 11.5 Å². The van der Waals surface area contributed by atoms with Gasteiger partial charge in [0.05, 0.1) is 4.90 Å². The predicted molar refractivity (Wildman–Crippen MR) is 116 cm³/mol. The van der Waals surface area contributed by atoms with Gasteiger partial charge in [-0.3, -0.25) is 0 Å². The summed E-state index contributed by atoms with van der Waals surface area (Å²) in [6.45, 7) is 4.31. The SMILES string of the molecule is Cc1ccc(S(=O)(=O)N2CCCN(c3nc(Cc4ccccc4)ns3)CC2)cc1. The third-order valence-corrected chi connectivity index (χ3v) is 7.77. The third kappa shape index (κ3) is 4.66. The van der Waals surface area contributed by atoms with Gasteiger partial charge in [-0.2, -0.15) is 8.68 Å². The van der Waals surface area contributed by atoms with Crippen LogP contribution in [0.1, 0.15) is 23.4 Å². The largest absolute Gasteiger partial charge is 0.345 e. The van der Waals surface area contributed by atoms with Gasteiger partial charge in [-0.05, 0) is 31.0 Å². The van der Waals surface area contributed by atoms with Crippen molar-refractivity contribution in [3.63, 3.8) is 0 Å². The second kappa shape index (κ2) is 8.61. The first kappa shape index (κ1) is 20.0. The summed E-state index contributed by atoms with van der Waals surface area (Å²) in [6, 6.07) is 17.2. The lowest BCUT2D eigenvalue weighted by atomic mass is 10.1. The average Bonchev–Trinajstić information content (AvgIpc) is 3.03. The fourth-order valence-electron chi connectivity index (χ4n) is 3.41. The maximum absolute atomic E-state index is 13.0. The molecule has 0 unspecified atom stereocenters. The second-order valence-electron chi connectivity index (χ2n) is 7.21. The van der Waals surface area contributed by atoms with Crippen molar-refractivity contribution >= 4 is 26.7 Å². The zero-order valence-corrected chi connectivity index (χ0v) is 18.0. The van der Waals surface area contributed by atoms with Gasteiger partial charge in [-0.25, -0.2) is 13.4 Å². The molecule has 8 heteroatoms. The van der Waals surface area contributed by atoms with E-state index < -0.39 is 10.0 Å². The molecule has 152 valence electrons. The molecule has 1 aliphatic rings. The summed E-state index contributed by atoms with van der Waals surface area (Å²) in [5.74, 6) is 0.810. The fraction of sp³-hybridized carbons (Fsp3) is 0.333. The molecule has 0 N–H and O–H groups in total. The van der Waals surface area contributed by atoms with Crippen molar-refractivity contribution in [3.05, 3.63) is 71.5 Å². The number of anilines is 1. The normalized spacial score (nSPS) is 16.0. The van der Waals surface area contributed by atoms with Crippen molar-refractivity contribution in [1.82, 2.24) is 13.7 Å². The summed E-state index contributed by atoms with van der Waals surface area (Å²) in [5, 5.41) is 0.866. The molecule has 0 aliphatic carbocycles. The highest BCUT2D eigenvalue weighted by Gasteiger charge is 2.27. The summed E-state index contributed by atoms with van der Waals surface area (Å²) in [5.41, 5.74) is 2.23. The van der Waals surface area contributed by atoms with Crippen molar-refractivity contribution in [2.24, 2.45) is 0 Å². The van der Waals surface area contributed by atoms with E-state index in [1.54, 1.807) is 16.4 Å². The van der Waals surface area contributed by atoms with Crippen LogP contribution in [0, 0.1) is 6.92 Å². The molecule has 0 saturated carbocycles. The Bertz CT molecular complexity index is 1050. The third-order valence-electron chi connectivity index (χ3n) is 5.05. The number of aryl methyl sites for hydroxylation is 1. The van der Waals surface area contributed by atoms with E-state index in [-0.39, 0.29) is 0 Å². The van der Waals surface area contributed by atoms with Crippen LogP contribution in [0.25, 0.3) is 0 Å². The van der Waals surface area contributed by atoms with Crippen molar-refractivity contribution in [3.8, 4) is 0 Å². The van der Waals surface area contributed by atoms with E-state index in [0.717, 1.165) is 29.5 Å². The number of sulfonamides is 1. The van der Waals surface area contributed by atoms with Crippen LogP contribution in [0.3, 0.4) is 0 Å². The Morgan fingerprint density at radius 3 is 2.48 bits per heavy atom. The predicted octanol–water partition coefficient (Wildman–Crippen LogP) is 3.34. The second-order valence-corrected chi connectivity index (χ2v) is 9.88. The molecular weight excluding hydrogens is 404 g/mol. The van der Waals surface area contributed by atoms with E-state index in [2.05, 4.69) is 21.4 Å². The van der Waals surface area contributed by atoms with Gasteiger partial charge >= 0.3 is 0 Å². The number of aromatic nitrogens is 2. The first-order valence-corrected chi connectivity index (χ1v) is 11.9. The Hall–Kier alpha value is -2.29. The smallest absolute Gasteiger partial charge is 0.243 e. The van der Waals surface area contributed by atoms with E-state index in [1.165, 1.54) is 17.1 Å². The minimum absolute atomic E-state index is 0.359. The summed E-state index contributed by atoms with van der Waals surface area (Å²) in [6.07, 6.45) is 1.47. The molecular formula is C21H24N4O2S2. The van der Waals surface area contributed by atoms with Gasteiger partial charge in [0.2, 0.25) is 15.2 Å². The molecule has 6 nitrogen and oxygen atoms in total. The zero-order chi connectivity index (χ0) is 20.3. The highest BCUT2D eigenvalue weighted by Crippen LogP contribution is 2.23. The lowest BCUT2D eigenvalue weighted by Gasteiger charge is -2.21. The maximum Gasteiger partial charge on any atom is 0.243 e. The molecule has 0 bridgehead atoms. The highest BCUT2D eigenvalue weighted by atomic mass is 32.2. The van der Waals surface area contributed by atoms with Crippen LogP contribution in [-0.4, -0.2) is 48.3 Å². The van der Waals surface area contributed by atoms with Crippen LogP contribution in [0.4, 0.5) is 5.13 Å². The van der Waals surface area contributed by atoms with Crippen molar-refractivity contribution in [2.45, 2.75) is 24.7 Å². The number of hydrogen-bond acceptors (Lipinski definition) is 6. The Labute approximate surface area is 176 Å². The van der Waals surface area contributed by atoms with E-state index >= 15 is 0 Å². The zero-order valence-electron chi connectivity index (χ0n) is 16.4. The first-order valence-electron chi connectivity index (χ1n) is 9.71. The van der Waals surface area contributed by atoms with Crippen LogP contribution in [-0.2, 0) is 16.4 Å². The summed E-state index contributed by atoms with van der Waals surface area (Å²) in [7, 11) is -3.47. The Balaban J connectivity index is 1.43. The summed E-state index contributed by atoms with van der Waals surface area (Å²) in [4.78, 5) is 7.20. The summed E-state index contributed by atoms with van der Waals surface area (Å²) >= 11 is 1.39. The Morgan fingerprint density at radius 1 is 0.966 bits per heavy atom. The molecule has 1 saturated heterocycles. The van der Waals surface area contributed by atoms with Crippen molar-refractivity contribution in [2.75, 3.05) is 31.1 Å². The molecule has 0 atom stereocenters. The van der Waals surface area contributed by atoms with E-state index in [1.807, 2.05) is 37.3 Å². The molecule has 2 heterocycles. The number of benzene rings is 2. The minimum Gasteiger partial charge on any atom is -0.345 e. The first-order chi connectivity index (χ1) is 14.0. The fourth-order valence-corrected chi connectivity index (χ4v) is 5.61. The lowest BCUT2D eigenvalue weighted by Crippen LogP contribution is -2.35. The van der Waals surface area contributed by atoms with Crippen molar-refractivity contribution < 1.29 is 8.42 Å². The van der Waals surface area contributed by atoms with Gasteiger partial charge in [0.1, 0.15) is 5.82 Å². The van der Waals surface area contributed by atoms with Gasteiger partial charge in [0.25, 0.3) is 0 Å².